The summed E-state index contributed by atoms with van der Waals surface area (Å²) in [5.41, 5.74) is 8.37. The highest BCUT2D eigenvalue weighted by Crippen LogP contribution is 2.37. The third kappa shape index (κ3) is 3.25. The van der Waals surface area contributed by atoms with Gasteiger partial charge in [0.25, 0.3) is 0 Å². The van der Waals surface area contributed by atoms with E-state index < -0.39 is 36.4 Å². The minimum Gasteiger partial charge on any atom is -0.369 e. The van der Waals surface area contributed by atoms with E-state index >= 15 is 0 Å². The van der Waals surface area contributed by atoms with Gasteiger partial charge in [-0.15, -0.1) is 0 Å². The molecule has 1 fully saturated rings. The normalized spacial score (nSPS) is 23.4. The zero-order valence-electron chi connectivity index (χ0n) is 13.1. The topological polar surface area (TPSA) is 63.4 Å². The van der Waals surface area contributed by atoms with Crippen LogP contribution in [0.15, 0.2) is 18.2 Å². The van der Waals surface area contributed by atoms with Gasteiger partial charge in [-0.2, -0.15) is 13.2 Å². The molecule has 2 atom stereocenters. The molecule has 1 aliphatic heterocycles. The van der Waals surface area contributed by atoms with Gasteiger partial charge in [0.1, 0.15) is 0 Å². The molecule has 0 radical (unpaired) electrons. The smallest absolute Gasteiger partial charge is 0.369 e. The molecule has 7 heteroatoms. The first-order chi connectivity index (χ1) is 11.3. The van der Waals surface area contributed by atoms with Crippen molar-refractivity contribution in [3.8, 4) is 0 Å². The fourth-order valence-electron chi connectivity index (χ4n) is 3.65. The van der Waals surface area contributed by atoms with Crippen molar-refractivity contribution in [2.45, 2.75) is 31.9 Å². The molecule has 0 bridgehead atoms. The molecular weight excluding hydrogens is 321 g/mol. The van der Waals surface area contributed by atoms with Crippen LogP contribution < -0.4 is 5.73 Å². The van der Waals surface area contributed by atoms with Crippen LogP contribution in [0.4, 0.5) is 13.2 Å². The number of nitrogens with two attached hydrogens (primary N) is 1. The van der Waals surface area contributed by atoms with Gasteiger partial charge in [-0.3, -0.25) is 9.59 Å². The van der Waals surface area contributed by atoms with E-state index in [0.717, 1.165) is 29.7 Å². The Morgan fingerprint density at radius 2 is 1.88 bits per heavy atom. The first kappa shape index (κ1) is 16.8. The van der Waals surface area contributed by atoms with Crippen molar-refractivity contribution in [1.29, 1.82) is 0 Å². The zero-order valence-corrected chi connectivity index (χ0v) is 13.1. The van der Waals surface area contributed by atoms with E-state index in [0.29, 0.717) is 0 Å². The average Bonchev–Trinajstić information content (AvgIpc) is 3.13. The van der Waals surface area contributed by atoms with Gasteiger partial charge in [-0.25, -0.2) is 0 Å². The van der Waals surface area contributed by atoms with Crippen molar-refractivity contribution in [2.24, 2.45) is 17.6 Å². The van der Waals surface area contributed by atoms with Crippen LogP contribution in [0, 0.1) is 11.8 Å². The summed E-state index contributed by atoms with van der Waals surface area (Å²) >= 11 is 0. The van der Waals surface area contributed by atoms with Gasteiger partial charge in [0.2, 0.25) is 11.8 Å². The van der Waals surface area contributed by atoms with Crippen LogP contribution in [0.1, 0.15) is 23.1 Å². The standard InChI is InChI=1S/C17H19F3N2O2/c18-17(19,20)14-9-22(8-13(14)16(21)24)15(23)7-10-4-5-11-2-1-3-12(11)6-10/h4-6,13-14H,1-3,7-9H2,(H2,21,24)/t13-,14-/m1/s1. The Labute approximate surface area is 137 Å². The van der Waals surface area contributed by atoms with E-state index in [2.05, 4.69) is 0 Å². The van der Waals surface area contributed by atoms with E-state index in [1.807, 2.05) is 18.2 Å². The van der Waals surface area contributed by atoms with E-state index in [1.165, 1.54) is 11.1 Å². The molecule has 1 aromatic rings. The number of aryl methyl sites for hydroxylation is 2. The van der Waals surface area contributed by atoms with Crippen molar-refractivity contribution in [2.75, 3.05) is 13.1 Å². The fraction of sp³-hybridized carbons (Fsp3) is 0.529. The third-order valence-electron chi connectivity index (χ3n) is 4.98. The van der Waals surface area contributed by atoms with Crippen LogP contribution in [-0.4, -0.2) is 36.0 Å². The Hall–Kier alpha value is -2.05. The number of carbonyl (C=O) groups excluding carboxylic acids is 2. The Morgan fingerprint density at radius 1 is 1.17 bits per heavy atom. The zero-order chi connectivity index (χ0) is 17.5. The molecule has 2 N–H and O–H groups in total. The monoisotopic (exact) mass is 340 g/mol. The number of alkyl halides is 3. The highest BCUT2D eigenvalue weighted by atomic mass is 19.4. The molecule has 1 aliphatic carbocycles. The average molecular weight is 340 g/mol. The highest BCUT2D eigenvalue weighted by molar-refractivity contribution is 5.82. The first-order valence-electron chi connectivity index (χ1n) is 8.00. The lowest BCUT2D eigenvalue weighted by molar-refractivity contribution is -0.182. The van der Waals surface area contributed by atoms with Crippen LogP contribution in [0.3, 0.4) is 0 Å². The molecule has 1 heterocycles. The van der Waals surface area contributed by atoms with Crippen molar-refractivity contribution >= 4 is 11.8 Å². The quantitative estimate of drug-likeness (QED) is 0.913. The predicted molar refractivity (Wildman–Crippen MR) is 81.0 cm³/mol. The number of halogens is 3. The largest absolute Gasteiger partial charge is 0.394 e. The summed E-state index contributed by atoms with van der Waals surface area (Å²) in [7, 11) is 0. The predicted octanol–water partition coefficient (Wildman–Crippen LogP) is 1.84. The molecule has 0 saturated carbocycles. The second kappa shape index (κ2) is 6.11. The number of fused-ring (bicyclic) bond motifs is 1. The van der Waals surface area contributed by atoms with Crippen molar-refractivity contribution in [3.05, 3.63) is 34.9 Å². The molecule has 130 valence electrons. The first-order valence-corrected chi connectivity index (χ1v) is 8.00. The number of likely N-dealkylation sites (tertiary alicyclic amines) is 1. The molecule has 3 rings (SSSR count). The molecule has 0 unspecified atom stereocenters. The lowest BCUT2D eigenvalue weighted by Gasteiger charge is -2.18. The Balaban J connectivity index is 1.70. The second-order valence-electron chi connectivity index (χ2n) is 6.59. The summed E-state index contributed by atoms with van der Waals surface area (Å²) in [5.74, 6) is -4.65. The fourth-order valence-corrected chi connectivity index (χ4v) is 3.65. The Morgan fingerprint density at radius 3 is 2.50 bits per heavy atom. The minimum absolute atomic E-state index is 0.0450. The lowest BCUT2D eigenvalue weighted by atomic mass is 9.95. The van der Waals surface area contributed by atoms with Crippen molar-refractivity contribution in [1.82, 2.24) is 4.90 Å². The Kier molecular flexibility index (Phi) is 4.27. The van der Waals surface area contributed by atoms with E-state index in [1.54, 1.807) is 0 Å². The van der Waals surface area contributed by atoms with Crippen LogP contribution in [0.2, 0.25) is 0 Å². The summed E-state index contributed by atoms with van der Waals surface area (Å²) in [5, 5.41) is 0. The van der Waals surface area contributed by atoms with Gasteiger partial charge in [-0.05, 0) is 36.0 Å². The summed E-state index contributed by atoms with van der Waals surface area (Å²) < 4.78 is 39.1. The highest BCUT2D eigenvalue weighted by Gasteiger charge is 2.52. The van der Waals surface area contributed by atoms with Crippen LogP contribution in [0.5, 0.6) is 0 Å². The summed E-state index contributed by atoms with van der Waals surface area (Å²) in [6.07, 6.45) is -1.40. The number of carbonyl (C=O) groups is 2. The van der Waals surface area contributed by atoms with Gasteiger partial charge >= 0.3 is 6.18 Å². The van der Waals surface area contributed by atoms with E-state index in [9.17, 15) is 22.8 Å². The Bertz CT molecular complexity index is 672. The summed E-state index contributed by atoms with van der Waals surface area (Å²) in [4.78, 5) is 24.8. The number of hydrogen-bond acceptors (Lipinski definition) is 2. The molecule has 2 amide bonds. The van der Waals surface area contributed by atoms with E-state index in [4.69, 9.17) is 5.73 Å². The molecule has 0 spiro atoms. The molecular formula is C17H19F3N2O2. The van der Waals surface area contributed by atoms with Crippen molar-refractivity contribution < 1.29 is 22.8 Å². The number of nitrogens with zero attached hydrogens (tertiary/aromatic N) is 1. The van der Waals surface area contributed by atoms with Crippen LogP contribution in [0.25, 0.3) is 0 Å². The number of primary amides is 1. The number of amides is 2. The minimum atomic E-state index is -4.54. The van der Waals surface area contributed by atoms with E-state index in [-0.39, 0.29) is 13.0 Å². The molecule has 1 aromatic carbocycles. The van der Waals surface area contributed by atoms with Gasteiger partial charge in [-0.1, -0.05) is 18.2 Å². The number of rotatable bonds is 3. The number of benzene rings is 1. The van der Waals surface area contributed by atoms with Gasteiger partial charge in [0, 0.05) is 13.1 Å². The maximum absolute atomic E-state index is 13.0. The SMILES string of the molecule is NC(=O)[C@@H]1CN(C(=O)Cc2ccc3c(c2)CCC3)C[C@H]1C(F)(F)F. The molecule has 4 nitrogen and oxygen atoms in total. The maximum Gasteiger partial charge on any atom is 0.394 e. The van der Waals surface area contributed by atoms with Gasteiger partial charge in [0.05, 0.1) is 18.3 Å². The maximum atomic E-state index is 13.0. The van der Waals surface area contributed by atoms with Gasteiger partial charge < -0.3 is 10.6 Å². The second-order valence-corrected chi connectivity index (χ2v) is 6.59. The third-order valence-corrected chi connectivity index (χ3v) is 4.98. The molecule has 2 aliphatic rings. The molecule has 0 aromatic heterocycles. The lowest BCUT2D eigenvalue weighted by Crippen LogP contribution is -2.37. The number of hydrogen-bond donors (Lipinski definition) is 1. The molecule has 24 heavy (non-hydrogen) atoms. The summed E-state index contributed by atoms with van der Waals surface area (Å²) in [6, 6.07) is 5.80. The summed E-state index contributed by atoms with van der Waals surface area (Å²) in [6.45, 7) is -0.760. The van der Waals surface area contributed by atoms with Gasteiger partial charge in [0.15, 0.2) is 0 Å². The van der Waals surface area contributed by atoms with Crippen molar-refractivity contribution in [3.63, 3.8) is 0 Å². The van der Waals surface area contributed by atoms with Crippen LogP contribution >= 0.6 is 0 Å². The van der Waals surface area contributed by atoms with Crippen LogP contribution in [-0.2, 0) is 28.9 Å². The molecule has 1 saturated heterocycles.